The molecule has 0 aromatic carbocycles. The second-order valence-corrected chi connectivity index (χ2v) is 4.03. The summed E-state index contributed by atoms with van der Waals surface area (Å²) in [4.78, 5) is 13.3. The number of ketones is 1. The van der Waals surface area contributed by atoms with Crippen molar-refractivity contribution >= 4 is 5.78 Å². The largest absolute Gasteiger partial charge is 0.389 e. The van der Waals surface area contributed by atoms with Crippen molar-refractivity contribution in [2.24, 2.45) is 5.92 Å². The molecule has 3 nitrogen and oxygen atoms in total. The number of nitrogens with zero attached hydrogens (tertiary/aromatic N) is 1. The molecular weight excluding hydrogens is 154 g/mol. The fourth-order valence-electron chi connectivity index (χ4n) is 1.76. The van der Waals surface area contributed by atoms with Gasteiger partial charge in [-0.25, -0.2) is 0 Å². The third kappa shape index (κ3) is 1.84. The molecule has 0 aliphatic carbocycles. The number of rotatable bonds is 1. The first kappa shape index (κ1) is 9.68. The molecule has 12 heavy (non-hydrogen) atoms. The molecule has 1 aliphatic heterocycles. The number of carbonyl (C=O) groups excluding carboxylic acids is 1. The first-order valence-electron chi connectivity index (χ1n) is 4.35. The number of hydrogen-bond donors (Lipinski definition) is 1. The molecular formula is C9H17NO2. The highest BCUT2D eigenvalue weighted by atomic mass is 16.3. The fraction of sp³-hybridized carbons (Fsp3) is 0.889. The Morgan fingerprint density at radius 3 is 2.67 bits per heavy atom. The molecule has 1 saturated heterocycles. The lowest BCUT2D eigenvalue weighted by Gasteiger charge is -2.39. The molecule has 0 spiro atoms. The van der Waals surface area contributed by atoms with E-state index in [1.165, 1.54) is 0 Å². The van der Waals surface area contributed by atoms with E-state index in [1.807, 2.05) is 7.05 Å². The predicted molar refractivity (Wildman–Crippen MR) is 46.9 cm³/mol. The lowest BCUT2D eigenvalue weighted by atomic mass is 9.80. The molecule has 0 amide bonds. The second-order valence-electron chi connectivity index (χ2n) is 4.03. The van der Waals surface area contributed by atoms with Crippen LogP contribution in [-0.4, -0.2) is 41.5 Å². The normalized spacial score (nSPS) is 38.2. The first-order chi connectivity index (χ1) is 5.43. The van der Waals surface area contributed by atoms with E-state index in [4.69, 9.17) is 0 Å². The fourth-order valence-corrected chi connectivity index (χ4v) is 1.76. The van der Waals surface area contributed by atoms with Gasteiger partial charge in [0.25, 0.3) is 0 Å². The molecule has 0 aromatic heterocycles. The summed E-state index contributed by atoms with van der Waals surface area (Å²) in [6.45, 7) is 4.86. The van der Waals surface area contributed by atoms with Crippen LogP contribution in [0.3, 0.4) is 0 Å². The Kier molecular flexibility index (Phi) is 2.54. The summed E-state index contributed by atoms with van der Waals surface area (Å²) in [6.07, 6.45) is 0.688. The van der Waals surface area contributed by atoms with E-state index in [-0.39, 0.29) is 11.7 Å². The minimum absolute atomic E-state index is 0.0894. The molecule has 0 saturated carbocycles. The SMILES string of the molecule is CC(=O)[C@H]1CN(C)CC[C@]1(C)O. The quantitative estimate of drug-likeness (QED) is 0.616. The van der Waals surface area contributed by atoms with Crippen molar-refractivity contribution in [1.29, 1.82) is 0 Å². The molecule has 70 valence electrons. The average molecular weight is 171 g/mol. The molecule has 2 atom stereocenters. The number of aliphatic hydroxyl groups is 1. The molecule has 1 heterocycles. The van der Waals surface area contributed by atoms with E-state index < -0.39 is 5.60 Å². The zero-order valence-corrected chi connectivity index (χ0v) is 8.00. The summed E-state index contributed by atoms with van der Waals surface area (Å²) < 4.78 is 0. The average Bonchev–Trinajstić information content (AvgIpc) is 1.94. The Morgan fingerprint density at radius 1 is 1.67 bits per heavy atom. The van der Waals surface area contributed by atoms with E-state index in [0.717, 1.165) is 6.54 Å². The maximum atomic E-state index is 11.2. The number of piperidine rings is 1. The van der Waals surface area contributed by atoms with Crippen LogP contribution in [-0.2, 0) is 4.79 Å². The summed E-state index contributed by atoms with van der Waals surface area (Å²) in [6, 6.07) is 0. The van der Waals surface area contributed by atoms with Gasteiger partial charge in [0.15, 0.2) is 0 Å². The number of Topliss-reactive ketones (excluding diaryl/α,β-unsaturated/α-hetero) is 1. The minimum atomic E-state index is -0.793. The maximum Gasteiger partial charge on any atom is 0.137 e. The molecule has 1 rings (SSSR count). The minimum Gasteiger partial charge on any atom is -0.389 e. The Balaban J connectivity index is 2.72. The van der Waals surface area contributed by atoms with Crippen LogP contribution in [0.1, 0.15) is 20.3 Å². The van der Waals surface area contributed by atoms with Crippen molar-refractivity contribution in [2.45, 2.75) is 25.9 Å². The molecule has 1 N–H and O–H groups in total. The van der Waals surface area contributed by atoms with Crippen LogP contribution in [0, 0.1) is 5.92 Å². The molecule has 3 heteroatoms. The zero-order valence-electron chi connectivity index (χ0n) is 8.00. The van der Waals surface area contributed by atoms with E-state index in [0.29, 0.717) is 13.0 Å². The van der Waals surface area contributed by atoms with Crippen LogP contribution >= 0.6 is 0 Å². The summed E-state index contributed by atoms with van der Waals surface area (Å²) in [5.41, 5.74) is -0.793. The summed E-state index contributed by atoms with van der Waals surface area (Å²) in [5, 5.41) is 9.87. The Bertz CT molecular complexity index is 189. The van der Waals surface area contributed by atoms with Crippen molar-refractivity contribution in [3.8, 4) is 0 Å². The highest BCUT2D eigenvalue weighted by Crippen LogP contribution is 2.27. The van der Waals surface area contributed by atoms with E-state index in [9.17, 15) is 9.90 Å². The van der Waals surface area contributed by atoms with Crippen LogP contribution in [0.2, 0.25) is 0 Å². The maximum absolute atomic E-state index is 11.2. The van der Waals surface area contributed by atoms with Crippen LogP contribution in [0.15, 0.2) is 0 Å². The van der Waals surface area contributed by atoms with Gasteiger partial charge in [0.05, 0.1) is 11.5 Å². The van der Waals surface area contributed by atoms with E-state index in [2.05, 4.69) is 4.90 Å². The van der Waals surface area contributed by atoms with Gasteiger partial charge in [-0.2, -0.15) is 0 Å². The monoisotopic (exact) mass is 171 g/mol. The van der Waals surface area contributed by atoms with Crippen molar-refractivity contribution in [3.05, 3.63) is 0 Å². The van der Waals surface area contributed by atoms with Gasteiger partial charge in [0.2, 0.25) is 0 Å². The van der Waals surface area contributed by atoms with Gasteiger partial charge in [0, 0.05) is 13.1 Å². The highest BCUT2D eigenvalue weighted by molar-refractivity contribution is 5.79. The first-order valence-corrected chi connectivity index (χ1v) is 4.35. The van der Waals surface area contributed by atoms with Gasteiger partial charge in [-0.15, -0.1) is 0 Å². The van der Waals surface area contributed by atoms with Crippen molar-refractivity contribution in [2.75, 3.05) is 20.1 Å². The number of hydrogen-bond acceptors (Lipinski definition) is 3. The lowest BCUT2D eigenvalue weighted by molar-refractivity contribution is -0.134. The van der Waals surface area contributed by atoms with Crippen molar-refractivity contribution in [3.63, 3.8) is 0 Å². The van der Waals surface area contributed by atoms with Crippen LogP contribution in [0.25, 0.3) is 0 Å². The molecule has 0 radical (unpaired) electrons. The predicted octanol–water partition coefficient (Wildman–Crippen LogP) is 0.278. The second kappa shape index (κ2) is 3.15. The van der Waals surface area contributed by atoms with Crippen LogP contribution in [0.5, 0.6) is 0 Å². The van der Waals surface area contributed by atoms with Gasteiger partial charge >= 0.3 is 0 Å². The standard InChI is InChI=1S/C9H17NO2/c1-7(11)8-6-10(3)5-4-9(8,2)12/h8,12H,4-6H2,1-3H3/t8-,9+/m1/s1. The summed E-state index contributed by atoms with van der Waals surface area (Å²) >= 11 is 0. The Hall–Kier alpha value is -0.410. The van der Waals surface area contributed by atoms with Crippen molar-refractivity contribution in [1.82, 2.24) is 4.90 Å². The molecule has 1 aliphatic rings. The van der Waals surface area contributed by atoms with Gasteiger partial charge in [-0.05, 0) is 27.3 Å². The molecule has 0 bridgehead atoms. The molecule has 0 unspecified atom stereocenters. The van der Waals surface area contributed by atoms with Crippen LogP contribution < -0.4 is 0 Å². The molecule has 0 aromatic rings. The van der Waals surface area contributed by atoms with E-state index in [1.54, 1.807) is 13.8 Å². The van der Waals surface area contributed by atoms with Crippen molar-refractivity contribution < 1.29 is 9.90 Å². The third-order valence-electron chi connectivity index (χ3n) is 2.74. The van der Waals surface area contributed by atoms with Gasteiger partial charge in [0.1, 0.15) is 5.78 Å². The topological polar surface area (TPSA) is 40.5 Å². The zero-order chi connectivity index (χ0) is 9.35. The Morgan fingerprint density at radius 2 is 2.25 bits per heavy atom. The smallest absolute Gasteiger partial charge is 0.137 e. The number of carbonyl (C=O) groups is 1. The molecule has 1 fully saturated rings. The van der Waals surface area contributed by atoms with Gasteiger partial charge in [-0.1, -0.05) is 0 Å². The Labute approximate surface area is 73.4 Å². The number of likely N-dealkylation sites (tertiary alicyclic amines) is 1. The summed E-state index contributed by atoms with van der Waals surface area (Å²) in [5.74, 6) is -0.122. The lowest BCUT2D eigenvalue weighted by Crippen LogP contribution is -2.51. The third-order valence-corrected chi connectivity index (χ3v) is 2.74. The van der Waals surface area contributed by atoms with Crippen LogP contribution in [0.4, 0.5) is 0 Å². The summed E-state index contributed by atoms with van der Waals surface area (Å²) in [7, 11) is 1.98. The van der Waals surface area contributed by atoms with Gasteiger partial charge in [-0.3, -0.25) is 4.79 Å². The highest BCUT2D eigenvalue weighted by Gasteiger charge is 2.39. The van der Waals surface area contributed by atoms with Gasteiger partial charge < -0.3 is 10.0 Å². The van der Waals surface area contributed by atoms with E-state index >= 15 is 0 Å².